The summed E-state index contributed by atoms with van der Waals surface area (Å²) in [5, 5.41) is 0. The van der Waals surface area contributed by atoms with Gasteiger partial charge in [-0.1, -0.05) is 276 Å². The summed E-state index contributed by atoms with van der Waals surface area (Å²) < 4.78 is 16.9. The van der Waals surface area contributed by atoms with Crippen LogP contribution in [0.4, 0.5) is 0 Å². The number of hydrogen-bond donors (Lipinski definition) is 0. The molecule has 80 heavy (non-hydrogen) atoms. The Kier molecular flexibility index (Phi) is 62.9. The maximum atomic E-state index is 12.9. The first-order valence-corrected chi connectivity index (χ1v) is 32.8. The molecular weight excluding hydrogens is 985 g/mol. The highest BCUT2D eigenvalue weighted by molar-refractivity contribution is 5.71. The Morgan fingerprint density at radius 3 is 0.775 bits per heavy atom. The van der Waals surface area contributed by atoms with E-state index < -0.39 is 6.10 Å². The third-order valence-electron chi connectivity index (χ3n) is 13.5. The van der Waals surface area contributed by atoms with E-state index in [4.69, 9.17) is 14.2 Å². The fraction of sp³-hybridized carbons (Fsp3) is 0.635. The third kappa shape index (κ3) is 64.1. The highest BCUT2D eigenvalue weighted by Crippen LogP contribution is 2.15. The molecule has 0 saturated heterocycles. The monoisotopic (exact) mass is 1100 g/mol. The molecule has 0 aromatic rings. The number of carbonyl (C=O) groups excluding carboxylic acids is 3. The molecule has 1 atom stereocenters. The van der Waals surface area contributed by atoms with Gasteiger partial charge in [0.15, 0.2) is 6.10 Å². The minimum atomic E-state index is -0.797. The largest absolute Gasteiger partial charge is 0.462 e. The van der Waals surface area contributed by atoms with Gasteiger partial charge in [-0.25, -0.2) is 0 Å². The first-order chi connectivity index (χ1) is 39.5. The lowest BCUT2D eigenvalue weighted by molar-refractivity contribution is -0.167. The first kappa shape index (κ1) is 75.3. The summed E-state index contributed by atoms with van der Waals surface area (Å²) in [6.07, 6.45) is 95.8. The molecule has 0 bridgehead atoms. The van der Waals surface area contributed by atoms with Gasteiger partial charge in [-0.05, 0) is 135 Å². The van der Waals surface area contributed by atoms with Gasteiger partial charge in [0.2, 0.25) is 0 Å². The number of ether oxygens (including phenoxy) is 3. The number of esters is 3. The van der Waals surface area contributed by atoms with Crippen LogP contribution in [0.3, 0.4) is 0 Å². The van der Waals surface area contributed by atoms with E-state index in [-0.39, 0.29) is 31.1 Å². The second-order valence-electron chi connectivity index (χ2n) is 21.3. The van der Waals surface area contributed by atoms with Crippen molar-refractivity contribution in [2.75, 3.05) is 13.2 Å². The normalized spacial score (nSPS) is 13.1. The van der Waals surface area contributed by atoms with Crippen molar-refractivity contribution in [3.05, 3.63) is 146 Å². The second kappa shape index (κ2) is 66.8. The summed E-state index contributed by atoms with van der Waals surface area (Å²) in [7, 11) is 0. The van der Waals surface area contributed by atoms with Crippen molar-refractivity contribution in [2.24, 2.45) is 0 Å². The van der Waals surface area contributed by atoms with Crippen molar-refractivity contribution in [1.82, 2.24) is 0 Å². The third-order valence-corrected chi connectivity index (χ3v) is 13.5. The molecular formula is C74H120O6. The molecule has 0 N–H and O–H groups in total. The van der Waals surface area contributed by atoms with Crippen molar-refractivity contribution in [3.63, 3.8) is 0 Å². The fourth-order valence-electron chi connectivity index (χ4n) is 8.71. The van der Waals surface area contributed by atoms with Crippen molar-refractivity contribution in [2.45, 2.75) is 290 Å². The average molecular weight is 1110 g/mol. The molecule has 0 aliphatic heterocycles. The second-order valence-corrected chi connectivity index (χ2v) is 21.3. The van der Waals surface area contributed by atoms with Gasteiger partial charge in [-0.15, -0.1) is 0 Å². The number of allylic oxidation sites excluding steroid dienone is 24. The van der Waals surface area contributed by atoms with Crippen molar-refractivity contribution in [1.29, 1.82) is 0 Å². The molecule has 0 aromatic carbocycles. The minimum Gasteiger partial charge on any atom is -0.462 e. The van der Waals surface area contributed by atoms with Crippen LogP contribution in [0.2, 0.25) is 0 Å². The number of hydrogen-bond acceptors (Lipinski definition) is 6. The SMILES string of the molecule is CC/C=C\C/C=C\C/C=C\C/C=C\C/C=C\C/C=C\CCCCCCCCC(=O)OC(COC(=O)CCCCCCC/C=C\CCC)COC(=O)CCCCCCCCCCCCC/C=C\C/C=C\C/C=C\C/C=C\C/C=C\CC. The molecule has 6 nitrogen and oxygen atoms in total. The summed E-state index contributed by atoms with van der Waals surface area (Å²) in [5.74, 6) is -0.921. The van der Waals surface area contributed by atoms with Crippen LogP contribution in [0.15, 0.2) is 146 Å². The van der Waals surface area contributed by atoms with E-state index in [2.05, 4.69) is 167 Å². The van der Waals surface area contributed by atoms with Crippen LogP contribution in [0.25, 0.3) is 0 Å². The van der Waals surface area contributed by atoms with Crippen LogP contribution < -0.4 is 0 Å². The fourth-order valence-corrected chi connectivity index (χ4v) is 8.71. The van der Waals surface area contributed by atoms with Crippen LogP contribution in [0.1, 0.15) is 284 Å². The van der Waals surface area contributed by atoms with E-state index >= 15 is 0 Å². The predicted octanol–water partition coefficient (Wildman–Crippen LogP) is 22.7. The number of rotatable bonds is 58. The van der Waals surface area contributed by atoms with Crippen molar-refractivity contribution >= 4 is 17.9 Å². The van der Waals surface area contributed by atoms with Crippen LogP contribution in [-0.4, -0.2) is 37.2 Å². The Morgan fingerprint density at radius 1 is 0.263 bits per heavy atom. The maximum Gasteiger partial charge on any atom is 0.306 e. The van der Waals surface area contributed by atoms with Gasteiger partial charge < -0.3 is 14.2 Å². The Morgan fingerprint density at radius 2 is 0.487 bits per heavy atom. The Hall–Kier alpha value is -4.71. The summed E-state index contributed by atoms with van der Waals surface area (Å²) in [6.45, 7) is 6.33. The van der Waals surface area contributed by atoms with Crippen LogP contribution in [0.5, 0.6) is 0 Å². The van der Waals surface area contributed by atoms with E-state index in [9.17, 15) is 14.4 Å². The topological polar surface area (TPSA) is 78.9 Å². The zero-order valence-electron chi connectivity index (χ0n) is 51.8. The number of carbonyl (C=O) groups is 3. The Balaban J connectivity index is 4.30. The first-order valence-electron chi connectivity index (χ1n) is 32.8. The lowest BCUT2D eigenvalue weighted by Crippen LogP contribution is -2.30. The standard InChI is InChI=1S/C74H120O6/c1-4-7-10-13-16-19-22-24-26-28-30-32-34-36-37-39-40-42-44-46-48-50-52-55-58-61-64-67-73(76)79-70-71(69-78-72(75)66-63-60-57-54-21-18-15-12-9-6-3)80-74(77)68-65-62-59-56-53-51-49-47-45-43-41-38-35-33-31-29-27-25-23-20-17-14-11-8-5-2/h7-8,10-12,15-17,19-20,24-27,30-33,36-38,41,45,47,71H,4-6,9,13-14,18,21-23,28-29,34-35,39-40,42-44,46,48-70H2,1-3H3/b10-7-,11-8-,15-12-,19-16-,20-17-,26-24-,27-25-,32-30-,33-31-,37-36-,41-38-,47-45-. The van der Waals surface area contributed by atoms with Gasteiger partial charge in [-0.3, -0.25) is 14.4 Å². The van der Waals surface area contributed by atoms with E-state index in [0.29, 0.717) is 19.3 Å². The lowest BCUT2D eigenvalue weighted by Gasteiger charge is -2.18. The number of unbranched alkanes of at least 4 members (excludes halogenated alkanes) is 23. The molecule has 0 saturated carbocycles. The molecule has 0 aliphatic rings. The lowest BCUT2D eigenvalue weighted by atomic mass is 10.0. The van der Waals surface area contributed by atoms with Gasteiger partial charge in [0.25, 0.3) is 0 Å². The molecule has 452 valence electrons. The molecule has 0 aromatic heterocycles. The maximum absolute atomic E-state index is 12.9. The highest BCUT2D eigenvalue weighted by atomic mass is 16.6. The van der Waals surface area contributed by atoms with Crippen LogP contribution in [0, 0.1) is 0 Å². The quantitative estimate of drug-likeness (QED) is 0.0261. The van der Waals surface area contributed by atoms with Crippen LogP contribution in [-0.2, 0) is 28.6 Å². The smallest absolute Gasteiger partial charge is 0.306 e. The predicted molar refractivity (Wildman–Crippen MR) is 348 cm³/mol. The Bertz CT molecular complexity index is 1750. The van der Waals surface area contributed by atoms with E-state index in [1.807, 2.05) is 0 Å². The van der Waals surface area contributed by atoms with Gasteiger partial charge in [-0.2, -0.15) is 0 Å². The van der Waals surface area contributed by atoms with Gasteiger partial charge in [0, 0.05) is 19.3 Å². The molecule has 0 amide bonds. The highest BCUT2D eigenvalue weighted by Gasteiger charge is 2.19. The van der Waals surface area contributed by atoms with Crippen molar-refractivity contribution in [3.8, 4) is 0 Å². The molecule has 0 heterocycles. The summed E-state index contributed by atoms with van der Waals surface area (Å²) >= 11 is 0. The molecule has 1 unspecified atom stereocenters. The van der Waals surface area contributed by atoms with E-state index in [0.717, 1.165) is 161 Å². The van der Waals surface area contributed by atoms with Crippen molar-refractivity contribution < 1.29 is 28.6 Å². The summed E-state index contributed by atoms with van der Waals surface area (Å²) in [6, 6.07) is 0. The van der Waals surface area contributed by atoms with E-state index in [1.54, 1.807) is 0 Å². The molecule has 0 fully saturated rings. The van der Waals surface area contributed by atoms with E-state index in [1.165, 1.54) is 83.5 Å². The zero-order chi connectivity index (χ0) is 57.8. The van der Waals surface area contributed by atoms with Crippen LogP contribution >= 0.6 is 0 Å². The zero-order valence-corrected chi connectivity index (χ0v) is 51.8. The minimum absolute atomic E-state index is 0.0926. The van der Waals surface area contributed by atoms with Gasteiger partial charge in [0.1, 0.15) is 13.2 Å². The molecule has 0 rings (SSSR count). The average Bonchev–Trinajstić information content (AvgIpc) is 3.46. The Labute approximate surface area is 493 Å². The molecule has 0 aliphatic carbocycles. The molecule has 6 heteroatoms. The molecule has 0 radical (unpaired) electrons. The van der Waals surface area contributed by atoms with Gasteiger partial charge >= 0.3 is 17.9 Å². The summed E-state index contributed by atoms with van der Waals surface area (Å²) in [4.78, 5) is 38.3. The van der Waals surface area contributed by atoms with Gasteiger partial charge in [0.05, 0.1) is 0 Å². The summed E-state index contributed by atoms with van der Waals surface area (Å²) in [5.41, 5.74) is 0. The molecule has 0 spiro atoms.